The Morgan fingerprint density at radius 3 is 2.45 bits per heavy atom. The Morgan fingerprint density at radius 1 is 1.17 bits per heavy atom. The number of carbonyl (C=O) groups excluding carboxylic acids is 2. The summed E-state index contributed by atoms with van der Waals surface area (Å²) in [4.78, 5) is 26.2. The maximum Gasteiger partial charge on any atom is 0.254 e. The number of methoxy groups -OCH3 is 1. The molecule has 0 spiro atoms. The van der Waals surface area contributed by atoms with E-state index in [1.807, 2.05) is 0 Å². The largest absolute Gasteiger partial charge is 0.493 e. The second-order valence-electron chi connectivity index (χ2n) is 5.93. The van der Waals surface area contributed by atoms with Crippen molar-refractivity contribution in [1.29, 1.82) is 0 Å². The molecule has 154 valence electrons. The number of halogens is 2. The Balaban J connectivity index is 2.13. The minimum absolute atomic E-state index is 0.211. The number of likely N-dealkylation sites (N-methyl/N-ethyl adjacent to an activating group) is 1. The number of anilines is 1. The van der Waals surface area contributed by atoms with Crippen molar-refractivity contribution in [2.24, 2.45) is 0 Å². The molecule has 0 saturated carbocycles. The highest BCUT2D eigenvalue weighted by Crippen LogP contribution is 2.28. The van der Waals surface area contributed by atoms with E-state index in [1.54, 1.807) is 25.1 Å². The van der Waals surface area contributed by atoms with Gasteiger partial charge in [0.2, 0.25) is 5.91 Å². The highest BCUT2D eigenvalue weighted by atomic mass is 19.1. The predicted octanol–water partition coefficient (Wildman–Crippen LogP) is 3.64. The summed E-state index contributed by atoms with van der Waals surface area (Å²) in [6.45, 7) is 5.37. The number of hydrogen-bond donors (Lipinski definition) is 1. The number of para-hydroxylation sites is 1. The minimum atomic E-state index is -0.896. The van der Waals surface area contributed by atoms with Crippen LogP contribution in [-0.4, -0.2) is 43.5 Å². The number of nitrogens with one attached hydrogen (secondary N) is 1. The summed E-state index contributed by atoms with van der Waals surface area (Å²) in [5, 5.41) is 2.17. The van der Waals surface area contributed by atoms with Gasteiger partial charge in [0.05, 0.1) is 7.11 Å². The van der Waals surface area contributed by atoms with E-state index in [9.17, 15) is 18.4 Å². The van der Waals surface area contributed by atoms with Gasteiger partial charge in [-0.3, -0.25) is 9.59 Å². The zero-order valence-electron chi connectivity index (χ0n) is 16.2. The van der Waals surface area contributed by atoms with Gasteiger partial charge in [-0.1, -0.05) is 18.7 Å². The molecule has 29 heavy (non-hydrogen) atoms. The molecule has 2 aromatic carbocycles. The normalized spacial score (nSPS) is 10.2. The molecule has 0 unspecified atom stereocenters. The molecule has 0 radical (unpaired) electrons. The van der Waals surface area contributed by atoms with Crippen molar-refractivity contribution in [3.8, 4) is 11.5 Å². The molecule has 0 fully saturated rings. The van der Waals surface area contributed by atoms with Gasteiger partial charge in [0.15, 0.2) is 11.5 Å². The van der Waals surface area contributed by atoms with Gasteiger partial charge in [0.25, 0.3) is 5.91 Å². The maximum absolute atomic E-state index is 13.7. The lowest BCUT2D eigenvalue weighted by molar-refractivity contribution is -0.116. The van der Waals surface area contributed by atoms with Gasteiger partial charge >= 0.3 is 0 Å². The lowest BCUT2D eigenvalue weighted by Crippen LogP contribution is -2.38. The van der Waals surface area contributed by atoms with Gasteiger partial charge in [0, 0.05) is 12.1 Å². The Hall–Kier alpha value is -3.42. The van der Waals surface area contributed by atoms with Crippen LogP contribution in [0.3, 0.4) is 0 Å². The average molecular weight is 404 g/mol. The fraction of sp³-hybridized carbons (Fsp3) is 0.238. The highest BCUT2D eigenvalue weighted by Gasteiger charge is 2.20. The summed E-state index contributed by atoms with van der Waals surface area (Å²) in [5.41, 5.74) is -0.272. The molecule has 0 aliphatic heterocycles. The van der Waals surface area contributed by atoms with E-state index < -0.39 is 29.1 Å². The molecule has 8 heteroatoms. The molecule has 0 aliphatic carbocycles. The summed E-state index contributed by atoms with van der Waals surface area (Å²) in [6.07, 6.45) is 1.58. The molecule has 0 aromatic heterocycles. The molecule has 0 heterocycles. The summed E-state index contributed by atoms with van der Waals surface area (Å²) >= 11 is 0. The first kappa shape index (κ1) is 21.9. The third-order valence-corrected chi connectivity index (χ3v) is 4.00. The van der Waals surface area contributed by atoms with Gasteiger partial charge in [-0.05, 0) is 37.3 Å². The SMILES string of the molecule is C=CCOc1ccc(C(=O)N(CC)CC(=O)Nc2c(F)cccc2F)cc1OC. The van der Waals surface area contributed by atoms with Crippen molar-refractivity contribution >= 4 is 17.5 Å². The molecule has 2 aromatic rings. The summed E-state index contributed by atoms with van der Waals surface area (Å²) in [6, 6.07) is 7.88. The summed E-state index contributed by atoms with van der Waals surface area (Å²) < 4.78 is 38.1. The number of hydrogen-bond acceptors (Lipinski definition) is 4. The molecule has 0 aliphatic rings. The second kappa shape index (κ2) is 10.2. The predicted molar refractivity (Wildman–Crippen MR) is 105 cm³/mol. The lowest BCUT2D eigenvalue weighted by atomic mass is 10.1. The van der Waals surface area contributed by atoms with Crippen LogP contribution in [0.4, 0.5) is 14.5 Å². The molecular formula is C21H22F2N2O4. The van der Waals surface area contributed by atoms with Crippen molar-refractivity contribution < 1.29 is 27.8 Å². The molecular weight excluding hydrogens is 382 g/mol. The lowest BCUT2D eigenvalue weighted by Gasteiger charge is -2.21. The third kappa shape index (κ3) is 5.54. The maximum atomic E-state index is 13.7. The van der Waals surface area contributed by atoms with Crippen LogP contribution in [0.1, 0.15) is 17.3 Å². The van der Waals surface area contributed by atoms with Crippen molar-refractivity contribution in [2.75, 3.05) is 32.1 Å². The van der Waals surface area contributed by atoms with Gasteiger partial charge in [-0.25, -0.2) is 8.78 Å². The first-order chi connectivity index (χ1) is 13.9. The molecule has 0 bridgehead atoms. The van der Waals surface area contributed by atoms with E-state index in [0.29, 0.717) is 11.5 Å². The number of rotatable bonds is 9. The van der Waals surface area contributed by atoms with Crippen LogP contribution in [0.25, 0.3) is 0 Å². The summed E-state index contributed by atoms with van der Waals surface area (Å²) in [5.74, 6) is -2.15. The zero-order valence-corrected chi connectivity index (χ0v) is 16.2. The Morgan fingerprint density at radius 2 is 1.86 bits per heavy atom. The topological polar surface area (TPSA) is 67.9 Å². The molecule has 0 saturated heterocycles. The molecule has 2 amide bonds. The Labute approximate surface area is 167 Å². The minimum Gasteiger partial charge on any atom is -0.493 e. The first-order valence-electron chi connectivity index (χ1n) is 8.86. The van der Waals surface area contributed by atoms with Crippen LogP contribution in [0.2, 0.25) is 0 Å². The number of ether oxygens (including phenoxy) is 2. The number of nitrogens with zero attached hydrogens (tertiary/aromatic N) is 1. The second-order valence-corrected chi connectivity index (χ2v) is 5.93. The fourth-order valence-corrected chi connectivity index (χ4v) is 2.55. The van der Waals surface area contributed by atoms with Crippen LogP contribution in [0, 0.1) is 11.6 Å². The number of carbonyl (C=O) groups is 2. The van der Waals surface area contributed by atoms with Gasteiger partial charge < -0.3 is 19.7 Å². The zero-order chi connectivity index (χ0) is 21.4. The van der Waals surface area contributed by atoms with Crippen molar-refractivity contribution in [3.63, 3.8) is 0 Å². The van der Waals surface area contributed by atoms with E-state index in [0.717, 1.165) is 12.1 Å². The standard InChI is InChI=1S/C21H22F2N2O4/c1-4-11-29-17-10-9-14(12-18(17)28-3)21(27)25(5-2)13-19(26)24-20-15(22)7-6-8-16(20)23/h4,6-10,12H,1,5,11,13H2,2-3H3,(H,24,26). The smallest absolute Gasteiger partial charge is 0.254 e. The summed E-state index contributed by atoms with van der Waals surface area (Å²) in [7, 11) is 1.44. The fourth-order valence-electron chi connectivity index (χ4n) is 2.55. The van der Waals surface area contributed by atoms with Crippen molar-refractivity contribution in [1.82, 2.24) is 4.90 Å². The molecule has 1 N–H and O–H groups in total. The Bertz CT molecular complexity index is 882. The van der Waals surface area contributed by atoms with Crippen LogP contribution in [0.15, 0.2) is 49.1 Å². The van der Waals surface area contributed by atoms with E-state index in [4.69, 9.17) is 9.47 Å². The number of benzene rings is 2. The van der Waals surface area contributed by atoms with E-state index in [2.05, 4.69) is 11.9 Å². The van der Waals surface area contributed by atoms with Crippen LogP contribution in [-0.2, 0) is 4.79 Å². The van der Waals surface area contributed by atoms with Gasteiger partial charge in [-0.2, -0.15) is 0 Å². The van der Waals surface area contributed by atoms with E-state index in [1.165, 1.54) is 24.1 Å². The van der Waals surface area contributed by atoms with Crippen molar-refractivity contribution in [2.45, 2.75) is 6.92 Å². The highest BCUT2D eigenvalue weighted by molar-refractivity contribution is 5.99. The molecule has 6 nitrogen and oxygen atoms in total. The van der Waals surface area contributed by atoms with Crippen LogP contribution in [0.5, 0.6) is 11.5 Å². The third-order valence-electron chi connectivity index (χ3n) is 4.00. The van der Waals surface area contributed by atoms with Gasteiger partial charge in [-0.15, -0.1) is 0 Å². The average Bonchev–Trinajstić information content (AvgIpc) is 2.72. The van der Waals surface area contributed by atoms with Gasteiger partial charge in [0.1, 0.15) is 30.5 Å². The monoisotopic (exact) mass is 404 g/mol. The quantitative estimate of drug-likeness (QED) is 0.648. The van der Waals surface area contributed by atoms with E-state index >= 15 is 0 Å². The Kier molecular flexibility index (Phi) is 7.70. The van der Waals surface area contributed by atoms with Crippen LogP contribution >= 0.6 is 0 Å². The first-order valence-corrected chi connectivity index (χ1v) is 8.86. The van der Waals surface area contributed by atoms with E-state index in [-0.39, 0.29) is 25.3 Å². The van der Waals surface area contributed by atoms with Crippen molar-refractivity contribution in [3.05, 3.63) is 66.3 Å². The number of amides is 2. The van der Waals surface area contributed by atoms with Crippen LogP contribution < -0.4 is 14.8 Å². The molecule has 0 atom stereocenters. The molecule has 2 rings (SSSR count).